The van der Waals surface area contributed by atoms with Crippen LogP contribution in [0.1, 0.15) is 51.1 Å². The van der Waals surface area contributed by atoms with Crippen LogP contribution in [0.25, 0.3) is 17.1 Å². The number of carbonyl (C=O) groups is 2. The van der Waals surface area contributed by atoms with Gasteiger partial charge in [-0.2, -0.15) is 30.6 Å². The van der Waals surface area contributed by atoms with Crippen LogP contribution in [0.5, 0.6) is 0 Å². The highest BCUT2D eigenvalue weighted by Gasteiger charge is 2.47. The Morgan fingerprint density at radius 3 is 2.22 bits per heavy atom. The Hall–Kier alpha value is -6.21. The number of oxazole rings is 2. The molecule has 2 N–H and O–H groups in total. The SMILES string of the molecule is C[C@H]1[C@@H](OCC2(O)CN(C(=O)c3coc(Cc4ccc(-c5cn[nH]c5)nn4)n3)C2)CN1C(=O)c1coc(Cc2ccc(-n3nccn3)nn2)n1. The number of β-amino-alcohol motifs (C(OH)–C–C–N with tert-alkyl or cyclic N) is 1. The Bertz CT molecular complexity index is 2090. The number of nitrogens with zero attached hydrogens (tertiary/aromatic N) is 12. The van der Waals surface area contributed by atoms with Crippen molar-refractivity contribution in [1.29, 1.82) is 0 Å². The lowest BCUT2D eigenvalue weighted by Gasteiger charge is -2.49. The van der Waals surface area contributed by atoms with E-state index in [-0.39, 0.29) is 67.9 Å². The molecule has 2 aliphatic rings. The van der Waals surface area contributed by atoms with Crippen LogP contribution >= 0.6 is 0 Å². The predicted molar refractivity (Wildman–Crippen MR) is 166 cm³/mol. The summed E-state index contributed by atoms with van der Waals surface area (Å²) in [4.78, 5) is 39.2. The molecule has 0 aromatic carbocycles. The van der Waals surface area contributed by atoms with E-state index >= 15 is 0 Å². The van der Waals surface area contributed by atoms with Crippen molar-refractivity contribution in [2.24, 2.45) is 0 Å². The van der Waals surface area contributed by atoms with E-state index in [0.717, 1.165) is 5.56 Å². The molecular weight excluding hydrogens is 650 g/mol. The molecule has 254 valence electrons. The smallest absolute Gasteiger partial charge is 0.276 e. The second kappa shape index (κ2) is 12.7. The molecule has 2 fully saturated rings. The molecule has 0 radical (unpaired) electrons. The van der Waals surface area contributed by atoms with E-state index in [2.05, 4.69) is 50.8 Å². The lowest BCUT2D eigenvalue weighted by Crippen LogP contribution is -2.68. The molecule has 2 amide bonds. The molecule has 8 heterocycles. The maximum atomic E-state index is 13.1. The number of aromatic nitrogens is 11. The van der Waals surface area contributed by atoms with Crippen LogP contribution in [0.2, 0.25) is 0 Å². The second-order valence-electron chi connectivity index (χ2n) is 12.1. The molecule has 6 aromatic rings. The number of hydrogen-bond acceptors (Lipinski definition) is 15. The number of likely N-dealkylation sites (tertiary alicyclic amines) is 2. The molecule has 6 aromatic heterocycles. The minimum atomic E-state index is -1.21. The number of nitrogens with one attached hydrogen (secondary N) is 1. The van der Waals surface area contributed by atoms with E-state index in [1.807, 2.05) is 13.0 Å². The third-order valence-electron chi connectivity index (χ3n) is 8.54. The lowest BCUT2D eigenvalue weighted by molar-refractivity contribution is -0.166. The molecule has 2 atom stereocenters. The van der Waals surface area contributed by atoms with Gasteiger partial charge >= 0.3 is 0 Å². The van der Waals surface area contributed by atoms with Crippen LogP contribution in [-0.4, -0.2) is 126 Å². The topological polar surface area (TPSA) is 233 Å². The Balaban J connectivity index is 0.776. The van der Waals surface area contributed by atoms with Crippen molar-refractivity contribution in [3.8, 4) is 17.1 Å². The molecule has 0 aliphatic carbocycles. The molecule has 2 saturated heterocycles. The van der Waals surface area contributed by atoms with Crippen LogP contribution in [0.3, 0.4) is 0 Å². The normalized spacial score (nSPS) is 18.1. The molecule has 0 saturated carbocycles. The van der Waals surface area contributed by atoms with Gasteiger partial charge in [-0.25, -0.2) is 9.97 Å². The average molecular weight is 680 g/mol. The summed E-state index contributed by atoms with van der Waals surface area (Å²) in [5.74, 6) is 0.471. The van der Waals surface area contributed by atoms with E-state index in [9.17, 15) is 14.7 Å². The van der Waals surface area contributed by atoms with Crippen LogP contribution in [-0.2, 0) is 17.6 Å². The molecule has 0 unspecified atom stereocenters. The molecule has 0 spiro atoms. The number of ether oxygens (including phenoxy) is 1. The molecule has 19 heteroatoms. The first kappa shape index (κ1) is 31.1. The molecule has 8 rings (SSSR count). The zero-order valence-electron chi connectivity index (χ0n) is 26.5. The number of H-pyrrole nitrogens is 1. The van der Waals surface area contributed by atoms with Crippen molar-refractivity contribution in [2.75, 3.05) is 26.2 Å². The van der Waals surface area contributed by atoms with Gasteiger partial charge in [0.1, 0.15) is 18.1 Å². The molecule has 2 aliphatic heterocycles. The average Bonchev–Trinajstić information content (AvgIpc) is 3.95. The van der Waals surface area contributed by atoms with Crippen molar-refractivity contribution < 1.29 is 28.3 Å². The number of carbonyl (C=O) groups excluding carboxylic acids is 2. The number of aliphatic hydroxyl groups is 1. The molecular formula is C31H29N13O6. The fourth-order valence-corrected chi connectivity index (χ4v) is 5.68. The van der Waals surface area contributed by atoms with E-state index in [0.29, 0.717) is 41.2 Å². The standard InChI is InChI=1S/C31H29N13O6/c1-18-25(12-43(18)30(46)24-14-49-28(37-24)9-21-3-5-26(41-39-21)44-34-6-7-35-44)50-17-31(47)15-42(16-31)29(45)23-13-48-27(36-23)8-20-2-4-22(40-38-20)19-10-32-33-11-19/h2-7,10-11,13-14,18,25,47H,8-9,12,15-17H2,1H3,(H,32,33)/t18-,25-/m0/s1. The van der Waals surface area contributed by atoms with E-state index in [4.69, 9.17) is 13.6 Å². The van der Waals surface area contributed by atoms with E-state index < -0.39 is 5.60 Å². The first-order chi connectivity index (χ1) is 24.3. The minimum absolute atomic E-state index is 0.00968. The van der Waals surface area contributed by atoms with Crippen molar-refractivity contribution >= 4 is 11.8 Å². The quantitative estimate of drug-likeness (QED) is 0.190. The van der Waals surface area contributed by atoms with Gasteiger partial charge in [-0.05, 0) is 31.2 Å². The van der Waals surface area contributed by atoms with Crippen molar-refractivity contribution in [3.63, 3.8) is 0 Å². The zero-order chi connectivity index (χ0) is 34.2. The third kappa shape index (κ3) is 6.21. The highest BCUT2D eigenvalue weighted by Crippen LogP contribution is 2.28. The van der Waals surface area contributed by atoms with Crippen LogP contribution in [0.15, 0.2) is 70.4 Å². The van der Waals surface area contributed by atoms with Gasteiger partial charge in [0.15, 0.2) is 17.2 Å². The van der Waals surface area contributed by atoms with Gasteiger partial charge in [0.05, 0.1) is 80.4 Å². The zero-order valence-corrected chi connectivity index (χ0v) is 26.5. The number of amides is 2. The summed E-state index contributed by atoms with van der Waals surface area (Å²) in [5.41, 5.74) is 1.83. The van der Waals surface area contributed by atoms with Gasteiger partial charge < -0.3 is 28.5 Å². The number of aromatic amines is 1. The Morgan fingerprint density at radius 1 is 0.940 bits per heavy atom. The van der Waals surface area contributed by atoms with Gasteiger partial charge in [-0.15, -0.1) is 9.90 Å². The summed E-state index contributed by atoms with van der Waals surface area (Å²) in [7, 11) is 0. The van der Waals surface area contributed by atoms with E-state index in [1.165, 1.54) is 22.2 Å². The Kier molecular flexibility index (Phi) is 7.88. The maximum absolute atomic E-state index is 13.1. The maximum Gasteiger partial charge on any atom is 0.276 e. The highest BCUT2D eigenvalue weighted by atomic mass is 16.5. The Morgan fingerprint density at radius 2 is 1.62 bits per heavy atom. The van der Waals surface area contributed by atoms with Crippen LogP contribution < -0.4 is 0 Å². The minimum Gasteiger partial charge on any atom is -0.448 e. The van der Waals surface area contributed by atoms with E-state index in [1.54, 1.807) is 47.9 Å². The third-order valence-corrected chi connectivity index (χ3v) is 8.54. The van der Waals surface area contributed by atoms with Gasteiger partial charge in [0, 0.05) is 18.3 Å². The van der Waals surface area contributed by atoms with Crippen molar-refractivity contribution in [3.05, 3.63) is 96.1 Å². The molecule has 0 bridgehead atoms. The predicted octanol–water partition coefficient (Wildman–Crippen LogP) is 0.512. The monoisotopic (exact) mass is 679 g/mol. The molecule has 50 heavy (non-hydrogen) atoms. The number of rotatable bonds is 11. The largest absolute Gasteiger partial charge is 0.448 e. The van der Waals surface area contributed by atoms with Gasteiger partial charge in [-0.1, -0.05) is 0 Å². The summed E-state index contributed by atoms with van der Waals surface area (Å²) in [6.07, 6.45) is 9.31. The lowest BCUT2D eigenvalue weighted by atomic mass is 9.94. The summed E-state index contributed by atoms with van der Waals surface area (Å²) in [6, 6.07) is 6.86. The highest BCUT2D eigenvalue weighted by molar-refractivity contribution is 5.93. The summed E-state index contributed by atoms with van der Waals surface area (Å²) in [5, 5.41) is 42.3. The second-order valence-corrected chi connectivity index (χ2v) is 12.1. The van der Waals surface area contributed by atoms with Crippen molar-refractivity contribution in [2.45, 2.75) is 37.5 Å². The van der Waals surface area contributed by atoms with Gasteiger partial charge in [-0.3, -0.25) is 14.7 Å². The Labute approximate surface area is 282 Å². The fourth-order valence-electron chi connectivity index (χ4n) is 5.68. The summed E-state index contributed by atoms with van der Waals surface area (Å²) in [6.45, 7) is 2.35. The van der Waals surface area contributed by atoms with Gasteiger partial charge in [0.25, 0.3) is 11.8 Å². The fraction of sp³-hybridized carbons (Fsp3) is 0.323. The summed E-state index contributed by atoms with van der Waals surface area (Å²) >= 11 is 0. The van der Waals surface area contributed by atoms with Crippen LogP contribution in [0.4, 0.5) is 0 Å². The molecule has 19 nitrogen and oxygen atoms in total. The first-order valence-corrected chi connectivity index (χ1v) is 15.6. The summed E-state index contributed by atoms with van der Waals surface area (Å²) < 4.78 is 17.0. The number of hydrogen-bond donors (Lipinski definition) is 2. The van der Waals surface area contributed by atoms with Gasteiger partial charge in [0.2, 0.25) is 11.8 Å². The first-order valence-electron chi connectivity index (χ1n) is 15.6. The van der Waals surface area contributed by atoms with Crippen LogP contribution in [0, 0.1) is 0 Å². The van der Waals surface area contributed by atoms with Crippen molar-refractivity contribution in [1.82, 2.24) is 65.4 Å².